The van der Waals surface area contributed by atoms with Crippen LogP contribution >= 0.6 is 0 Å². The van der Waals surface area contributed by atoms with Crippen LogP contribution in [0.3, 0.4) is 0 Å². The summed E-state index contributed by atoms with van der Waals surface area (Å²) in [7, 11) is 0. The van der Waals surface area contributed by atoms with E-state index >= 15 is 0 Å². The molecule has 2 saturated carbocycles. The smallest absolute Gasteiger partial charge is 0.119 e. The minimum Gasteiger partial charge on any atom is -0.494 e. The van der Waals surface area contributed by atoms with Gasteiger partial charge in [-0.05, 0) is 112 Å². The maximum atomic E-state index is 6.04. The molecule has 0 aromatic heterocycles. The number of aryl methyl sites for hydroxylation is 2. The molecule has 0 amide bonds. The van der Waals surface area contributed by atoms with Crippen molar-refractivity contribution in [2.75, 3.05) is 19.8 Å². The lowest BCUT2D eigenvalue weighted by molar-refractivity contribution is -0.338. The number of ether oxygens (including phenoxy) is 3. The molecule has 2 aromatic carbocycles. The van der Waals surface area contributed by atoms with E-state index in [1.807, 2.05) is 6.42 Å². The summed E-state index contributed by atoms with van der Waals surface area (Å²) >= 11 is 0. The highest BCUT2D eigenvalue weighted by molar-refractivity contribution is 5.27. The van der Waals surface area contributed by atoms with Crippen LogP contribution in [0.15, 0.2) is 48.5 Å². The second-order valence-electron chi connectivity index (χ2n) is 12.7. The maximum Gasteiger partial charge on any atom is 0.119 e. The fraction of sp³-hybridized carbons (Fsp3) is 0.632. The highest BCUT2D eigenvalue weighted by Gasteiger charge is 2.23. The molecule has 0 spiro atoms. The first-order chi connectivity index (χ1) is 21.2. The van der Waals surface area contributed by atoms with Gasteiger partial charge >= 0.3 is 0 Å². The van der Waals surface area contributed by atoms with Gasteiger partial charge < -0.3 is 14.2 Å². The van der Waals surface area contributed by atoms with E-state index in [0.717, 1.165) is 88.2 Å². The van der Waals surface area contributed by atoms with Gasteiger partial charge in [0.05, 0.1) is 31.5 Å². The number of unbranched alkanes of at least 4 members (excludes halogenated alkanes) is 3. The van der Waals surface area contributed by atoms with E-state index in [9.17, 15) is 0 Å². The van der Waals surface area contributed by atoms with Gasteiger partial charge in [-0.2, -0.15) is 0 Å². The summed E-state index contributed by atoms with van der Waals surface area (Å²) in [6.45, 7) is 8.95. The van der Waals surface area contributed by atoms with Crippen LogP contribution < -0.4 is 4.74 Å². The van der Waals surface area contributed by atoms with Crippen LogP contribution in [0.2, 0.25) is 0 Å². The third-order valence-electron chi connectivity index (χ3n) is 8.96. The van der Waals surface area contributed by atoms with Gasteiger partial charge in [0.25, 0.3) is 0 Å². The Morgan fingerprint density at radius 2 is 1.16 bits per heavy atom. The molecule has 0 atom stereocenters. The summed E-state index contributed by atoms with van der Waals surface area (Å²) in [6.07, 6.45) is 19.7. The molecule has 0 saturated heterocycles. The molecule has 5 nitrogen and oxygen atoms in total. The Hall–Kier alpha value is -2.05. The third-order valence-corrected chi connectivity index (χ3v) is 8.96. The summed E-state index contributed by atoms with van der Waals surface area (Å²) in [6, 6.07) is 17.4. The fourth-order valence-electron chi connectivity index (χ4n) is 6.08. The summed E-state index contributed by atoms with van der Waals surface area (Å²) in [5.74, 6) is 1.83. The van der Waals surface area contributed by atoms with E-state index in [4.69, 9.17) is 24.0 Å². The van der Waals surface area contributed by atoms with Gasteiger partial charge in [-0.25, -0.2) is 9.78 Å². The molecule has 0 aliphatic heterocycles. The SMILES string of the molecule is [CH2+][CH-]CCCOC1CCC(OOCc2ccc(CCCCc3ccc(OCCCOC4CCC(C)CC4)cc3)cc2)CC1. The summed E-state index contributed by atoms with van der Waals surface area (Å²) in [4.78, 5) is 11.3. The van der Waals surface area contributed by atoms with Gasteiger partial charge in [-0.3, -0.25) is 0 Å². The first-order valence-electron chi connectivity index (χ1n) is 17.1. The van der Waals surface area contributed by atoms with E-state index in [1.54, 1.807) is 0 Å². The molecule has 4 rings (SSSR count). The third kappa shape index (κ3) is 13.6. The van der Waals surface area contributed by atoms with Crippen LogP contribution in [0, 0.1) is 19.3 Å². The molecule has 0 unspecified atom stereocenters. The zero-order valence-corrected chi connectivity index (χ0v) is 26.7. The average molecular weight is 593 g/mol. The monoisotopic (exact) mass is 592 g/mol. The minimum atomic E-state index is 0.177. The first kappa shape index (κ1) is 33.8. The highest BCUT2D eigenvalue weighted by Crippen LogP contribution is 2.26. The van der Waals surface area contributed by atoms with Crippen molar-refractivity contribution in [2.45, 2.75) is 128 Å². The van der Waals surface area contributed by atoms with Crippen LogP contribution in [-0.2, 0) is 38.7 Å². The van der Waals surface area contributed by atoms with Gasteiger partial charge in [0, 0.05) is 13.0 Å². The van der Waals surface area contributed by atoms with E-state index in [0.29, 0.717) is 25.4 Å². The molecular weight excluding hydrogens is 536 g/mol. The predicted octanol–water partition coefficient (Wildman–Crippen LogP) is 9.21. The lowest BCUT2D eigenvalue weighted by Gasteiger charge is -2.27. The molecule has 2 aromatic rings. The lowest BCUT2D eigenvalue weighted by atomic mass is 9.89. The van der Waals surface area contributed by atoms with Crippen molar-refractivity contribution in [3.63, 3.8) is 0 Å². The quantitative estimate of drug-likeness (QED) is 0.0664. The van der Waals surface area contributed by atoms with Gasteiger partial charge in [-0.15, -0.1) is 12.8 Å². The van der Waals surface area contributed by atoms with E-state index in [2.05, 4.69) is 62.4 Å². The second-order valence-corrected chi connectivity index (χ2v) is 12.7. The number of hydrogen-bond acceptors (Lipinski definition) is 5. The normalized spacial score (nSPS) is 22.4. The summed E-state index contributed by atoms with van der Waals surface area (Å²) in [5, 5.41) is 0. The van der Waals surface area contributed by atoms with Crippen LogP contribution in [0.25, 0.3) is 0 Å². The first-order valence-corrected chi connectivity index (χ1v) is 17.1. The molecule has 0 radical (unpaired) electrons. The standard InChI is InChI=1S/C38H56O5/c1-3-4-7-27-39-37-23-25-38(26-24-37)43-42-30-34-15-13-32(14-16-34)9-5-6-10-33-17-21-36(22-18-33)41-29-8-28-40-35-19-11-31(2)12-20-35/h3,13-18,21-22,31,35,37-38H,1,4-12,19-20,23-30H2,2H3. The van der Waals surface area contributed by atoms with E-state index in [1.165, 1.54) is 49.7 Å². The average Bonchev–Trinajstić information content (AvgIpc) is 3.04. The van der Waals surface area contributed by atoms with Gasteiger partial charge in [0.2, 0.25) is 0 Å². The molecule has 0 bridgehead atoms. The van der Waals surface area contributed by atoms with Crippen molar-refractivity contribution in [1.29, 1.82) is 0 Å². The summed E-state index contributed by atoms with van der Waals surface area (Å²) < 4.78 is 17.9. The molecule has 2 fully saturated rings. The topological polar surface area (TPSA) is 46.2 Å². The Bertz CT molecular complexity index is 959. The van der Waals surface area contributed by atoms with Crippen molar-refractivity contribution in [2.24, 2.45) is 5.92 Å². The van der Waals surface area contributed by atoms with Crippen LogP contribution in [0.4, 0.5) is 0 Å². The molecule has 2 aliphatic carbocycles. The van der Waals surface area contributed by atoms with Crippen LogP contribution in [-0.4, -0.2) is 38.1 Å². The molecular formula is C38H56O5. The van der Waals surface area contributed by atoms with E-state index < -0.39 is 0 Å². The van der Waals surface area contributed by atoms with E-state index in [-0.39, 0.29) is 6.10 Å². The Kier molecular flexibility index (Phi) is 15.8. The van der Waals surface area contributed by atoms with Gasteiger partial charge in [0.1, 0.15) is 12.4 Å². The Morgan fingerprint density at radius 1 is 0.628 bits per heavy atom. The highest BCUT2D eigenvalue weighted by atomic mass is 17.2. The van der Waals surface area contributed by atoms with Gasteiger partial charge in [-0.1, -0.05) is 56.7 Å². The molecule has 5 heteroatoms. The molecule has 0 N–H and O–H groups in total. The van der Waals surface area contributed by atoms with Crippen molar-refractivity contribution in [3.8, 4) is 5.75 Å². The lowest BCUT2D eigenvalue weighted by Crippen LogP contribution is -2.26. The second kappa shape index (κ2) is 20.1. The number of benzene rings is 2. The van der Waals surface area contributed by atoms with Crippen molar-refractivity contribution in [3.05, 3.63) is 78.6 Å². The van der Waals surface area contributed by atoms with Crippen molar-refractivity contribution in [1.82, 2.24) is 0 Å². The molecule has 238 valence electrons. The van der Waals surface area contributed by atoms with Crippen LogP contribution in [0.5, 0.6) is 5.75 Å². The Labute approximate surface area is 261 Å². The zero-order chi connectivity index (χ0) is 30.0. The minimum absolute atomic E-state index is 0.177. The van der Waals surface area contributed by atoms with Crippen LogP contribution in [0.1, 0.15) is 107 Å². The molecule has 43 heavy (non-hydrogen) atoms. The zero-order valence-electron chi connectivity index (χ0n) is 26.7. The predicted molar refractivity (Wildman–Crippen MR) is 174 cm³/mol. The van der Waals surface area contributed by atoms with Crippen molar-refractivity contribution < 1.29 is 24.0 Å². The number of hydrogen-bond donors (Lipinski definition) is 0. The Balaban J connectivity index is 0.994. The van der Waals surface area contributed by atoms with Crippen molar-refractivity contribution >= 4 is 0 Å². The largest absolute Gasteiger partial charge is 0.494 e. The molecule has 2 aliphatic rings. The van der Waals surface area contributed by atoms with Gasteiger partial charge in [0.15, 0.2) is 0 Å². The summed E-state index contributed by atoms with van der Waals surface area (Å²) in [5.41, 5.74) is 3.90. The maximum absolute atomic E-state index is 6.04. The Morgan fingerprint density at radius 3 is 1.79 bits per heavy atom. The number of rotatable bonds is 20. The molecule has 0 heterocycles. The fourth-order valence-corrected chi connectivity index (χ4v) is 6.08.